The van der Waals surface area contributed by atoms with E-state index in [1.54, 1.807) is 6.33 Å². The predicted molar refractivity (Wildman–Crippen MR) is 78.6 cm³/mol. The average Bonchev–Trinajstić information content (AvgIpc) is 3.01. The van der Waals surface area contributed by atoms with Crippen molar-refractivity contribution in [2.24, 2.45) is 5.92 Å². The van der Waals surface area contributed by atoms with E-state index in [1.807, 2.05) is 4.57 Å². The van der Waals surface area contributed by atoms with E-state index in [0.29, 0.717) is 5.92 Å². The van der Waals surface area contributed by atoms with Gasteiger partial charge in [0.1, 0.15) is 0 Å². The standard InChI is InChI=1S/C16H26N2O/c1-15(2,3)12-13(16(4,5)6)17-10-18(14(12)19)9-11-7-8-11/h10-11H,7-9H2,1-6H3. The number of rotatable bonds is 2. The van der Waals surface area contributed by atoms with Crippen LogP contribution in [0.2, 0.25) is 0 Å². The van der Waals surface area contributed by atoms with E-state index in [0.717, 1.165) is 17.8 Å². The Morgan fingerprint density at radius 2 is 1.74 bits per heavy atom. The van der Waals surface area contributed by atoms with Gasteiger partial charge in [-0.2, -0.15) is 0 Å². The molecule has 0 bridgehead atoms. The molecule has 0 saturated heterocycles. The molecule has 1 saturated carbocycles. The molecule has 2 rings (SSSR count). The third-order valence-corrected chi connectivity index (χ3v) is 3.65. The van der Waals surface area contributed by atoms with Crippen LogP contribution in [0.3, 0.4) is 0 Å². The van der Waals surface area contributed by atoms with Crippen molar-refractivity contribution in [3.8, 4) is 0 Å². The first-order chi connectivity index (χ1) is 8.60. The molecule has 0 amide bonds. The van der Waals surface area contributed by atoms with Crippen molar-refractivity contribution in [2.45, 2.75) is 71.8 Å². The van der Waals surface area contributed by atoms with Gasteiger partial charge in [0.25, 0.3) is 5.56 Å². The van der Waals surface area contributed by atoms with Crippen LogP contribution in [0.5, 0.6) is 0 Å². The summed E-state index contributed by atoms with van der Waals surface area (Å²) in [6.07, 6.45) is 4.24. The first-order valence-corrected chi connectivity index (χ1v) is 7.21. The van der Waals surface area contributed by atoms with Crippen molar-refractivity contribution in [3.63, 3.8) is 0 Å². The lowest BCUT2D eigenvalue weighted by atomic mass is 9.79. The smallest absolute Gasteiger partial charge is 0.257 e. The lowest BCUT2D eigenvalue weighted by Crippen LogP contribution is -2.36. The van der Waals surface area contributed by atoms with Gasteiger partial charge in [0.2, 0.25) is 0 Å². The maximum Gasteiger partial charge on any atom is 0.257 e. The molecule has 1 aromatic rings. The molecule has 1 aromatic heterocycles. The van der Waals surface area contributed by atoms with Crippen LogP contribution < -0.4 is 5.56 Å². The largest absolute Gasteiger partial charge is 0.299 e. The second kappa shape index (κ2) is 4.46. The summed E-state index contributed by atoms with van der Waals surface area (Å²) in [6, 6.07) is 0. The molecular weight excluding hydrogens is 236 g/mol. The molecule has 1 aliphatic rings. The fourth-order valence-electron chi connectivity index (χ4n) is 2.44. The third-order valence-electron chi connectivity index (χ3n) is 3.65. The Kier molecular flexibility index (Phi) is 3.36. The van der Waals surface area contributed by atoms with Gasteiger partial charge in [-0.3, -0.25) is 9.36 Å². The lowest BCUT2D eigenvalue weighted by Gasteiger charge is -2.28. The fraction of sp³-hybridized carbons (Fsp3) is 0.750. The topological polar surface area (TPSA) is 34.9 Å². The van der Waals surface area contributed by atoms with Crippen LogP contribution in [0.25, 0.3) is 0 Å². The minimum atomic E-state index is -0.167. The molecule has 3 heteroatoms. The van der Waals surface area contributed by atoms with Gasteiger partial charge >= 0.3 is 0 Å². The zero-order valence-electron chi connectivity index (χ0n) is 13.1. The van der Waals surface area contributed by atoms with Crippen molar-refractivity contribution in [3.05, 3.63) is 27.9 Å². The Labute approximate surface area is 116 Å². The minimum absolute atomic E-state index is 0.0968. The molecule has 0 radical (unpaired) electrons. The Balaban J connectivity index is 2.58. The van der Waals surface area contributed by atoms with Crippen molar-refractivity contribution in [2.75, 3.05) is 0 Å². The molecule has 0 aromatic carbocycles. The van der Waals surface area contributed by atoms with Gasteiger partial charge in [0, 0.05) is 17.5 Å². The highest BCUT2D eigenvalue weighted by Gasteiger charge is 2.31. The second-order valence-electron chi connectivity index (χ2n) is 7.87. The first-order valence-electron chi connectivity index (χ1n) is 7.21. The van der Waals surface area contributed by atoms with Gasteiger partial charge in [0.05, 0.1) is 12.0 Å². The molecule has 1 aliphatic carbocycles. The Morgan fingerprint density at radius 3 is 2.16 bits per heavy atom. The molecule has 0 N–H and O–H groups in total. The van der Waals surface area contributed by atoms with E-state index >= 15 is 0 Å². The number of nitrogens with zero attached hydrogens (tertiary/aromatic N) is 2. The molecule has 1 heterocycles. The monoisotopic (exact) mass is 262 g/mol. The molecule has 0 atom stereocenters. The molecule has 0 unspecified atom stereocenters. The number of hydrogen-bond donors (Lipinski definition) is 0. The van der Waals surface area contributed by atoms with Crippen LogP contribution in [-0.2, 0) is 17.4 Å². The summed E-state index contributed by atoms with van der Waals surface area (Å²) >= 11 is 0. The van der Waals surface area contributed by atoms with Crippen LogP contribution in [0, 0.1) is 5.92 Å². The quantitative estimate of drug-likeness (QED) is 0.820. The van der Waals surface area contributed by atoms with Gasteiger partial charge in [-0.1, -0.05) is 41.5 Å². The van der Waals surface area contributed by atoms with Gasteiger partial charge in [-0.15, -0.1) is 0 Å². The normalized spacial score (nSPS) is 16.7. The molecule has 3 nitrogen and oxygen atoms in total. The third kappa shape index (κ3) is 3.07. The number of hydrogen-bond acceptors (Lipinski definition) is 2. The second-order valence-corrected chi connectivity index (χ2v) is 7.87. The van der Waals surface area contributed by atoms with Crippen LogP contribution in [0.15, 0.2) is 11.1 Å². The van der Waals surface area contributed by atoms with Crippen molar-refractivity contribution >= 4 is 0 Å². The maximum absolute atomic E-state index is 12.8. The van der Waals surface area contributed by atoms with E-state index in [-0.39, 0.29) is 16.4 Å². The minimum Gasteiger partial charge on any atom is -0.299 e. The number of aromatic nitrogens is 2. The Bertz CT molecular complexity index is 525. The van der Waals surface area contributed by atoms with Gasteiger partial charge in [-0.25, -0.2) is 4.98 Å². The summed E-state index contributed by atoms with van der Waals surface area (Å²) in [7, 11) is 0. The summed E-state index contributed by atoms with van der Waals surface area (Å²) in [5, 5.41) is 0. The zero-order valence-corrected chi connectivity index (χ0v) is 13.1. The lowest BCUT2D eigenvalue weighted by molar-refractivity contribution is 0.483. The predicted octanol–water partition coefficient (Wildman–Crippen LogP) is 3.25. The summed E-state index contributed by atoms with van der Waals surface area (Å²) in [5.74, 6) is 0.688. The van der Waals surface area contributed by atoms with Gasteiger partial charge < -0.3 is 0 Å². The van der Waals surface area contributed by atoms with Crippen LogP contribution in [0.1, 0.15) is 65.6 Å². The van der Waals surface area contributed by atoms with Crippen molar-refractivity contribution in [1.82, 2.24) is 9.55 Å². The van der Waals surface area contributed by atoms with E-state index in [2.05, 4.69) is 46.5 Å². The average molecular weight is 262 g/mol. The highest BCUT2D eigenvalue weighted by atomic mass is 16.1. The summed E-state index contributed by atoms with van der Waals surface area (Å²) in [6.45, 7) is 13.5. The Morgan fingerprint density at radius 1 is 1.16 bits per heavy atom. The maximum atomic E-state index is 12.8. The van der Waals surface area contributed by atoms with E-state index < -0.39 is 0 Å². The first kappa shape index (κ1) is 14.3. The van der Waals surface area contributed by atoms with E-state index in [9.17, 15) is 4.79 Å². The molecule has 0 spiro atoms. The summed E-state index contributed by atoms with van der Waals surface area (Å²) < 4.78 is 1.81. The summed E-state index contributed by atoms with van der Waals surface area (Å²) in [4.78, 5) is 17.4. The summed E-state index contributed by atoms with van der Waals surface area (Å²) in [5.41, 5.74) is 1.71. The van der Waals surface area contributed by atoms with Crippen LogP contribution >= 0.6 is 0 Å². The highest BCUT2D eigenvalue weighted by molar-refractivity contribution is 5.30. The molecule has 0 aliphatic heterocycles. The van der Waals surface area contributed by atoms with Crippen LogP contribution in [0.4, 0.5) is 0 Å². The van der Waals surface area contributed by atoms with E-state index in [4.69, 9.17) is 0 Å². The molecule has 19 heavy (non-hydrogen) atoms. The molecule has 106 valence electrons. The van der Waals surface area contributed by atoms with Gasteiger partial charge in [0.15, 0.2) is 0 Å². The van der Waals surface area contributed by atoms with Gasteiger partial charge in [-0.05, 0) is 24.2 Å². The van der Waals surface area contributed by atoms with E-state index in [1.165, 1.54) is 12.8 Å². The molecular formula is C16H26N2O. The van der Waals surface area contributed by atoms with Crippen LogP contribution in [-0.4, -0.2) is 9.55 Å². The van der Waals surface area contributed by atoms with Crippen molar-refractivity contribution < 1.29 is 0 Å². The SMILES string of the molecule is CC(C)(C)c1ncn(CC2CC2)c(=O)c1C(C)(C)C. The molecule has 1 fully saturated rings. The fourth-order valence-corrected chi connectivity index (χ4v) is 2.44. The van der Waals surface area contributed by atoms with Crippen molar-refractivity contribution in [1.29, 1.82) is 0 Å². The highest BCUT2D eigenvalue weighted by Crippen LogP contribution is 2.32. The zero-order chi connectivity index (χ0) is 14.4. The Hall–Kier alpha value is -1.12.